The van der Waals surface area contributed by atoms with Gasteiger partial charge in [0.05, 0.1) is 0 Å². The van der Waals surface area contributed by atoms with E-state index in [1.807, 2.05) is 18.2 Å². The van der Waals surface area contributed by atoms with Crippen LogP contribution in [-0.2, 0) is 11.2 Å². The molecule has 136 valence electrons. The fourth-order valence-corrected chi connectivity index (χ4v) is 3.89. The van der Waals surface area contributed by atoms with E-state index >= 15 is 0 Å². The molecule has 1 saturated carbocycles. The second-order valence-electron chi connectivity index (χ2n) is 7.04. The number of imide groups is 1. The molecule has 2 fully saturated rings. The van der Waals surface area contributed by atoms with Crippen LogP contribution in [0.5, 0.6) is 0 Å². The minimum atomic E-state index is -0.611. The van der Waals surface area contributed by atoms with Gasteiger partial charge in [-0.3, -0.25) is 14.6 Å². The highest BCUT2D eigenvalue weighted by Gasteiger charge is 2.52. The van der Waals surface area contributed by atoms with Gasteiger partial charge in [-0.05, 0) is 24.8 Å². The zero-order chi connectivity index (χ0) is 17.7. The summed E-state index contributed by atoms with van der Waals surface area (Å²) >= 11 is 0. The van der Waals surface area contributed by atoms with E-state index in [4.69, 9.17) is 5.73 Å². The van der Waals surface area contributed by atoms with Crippen molar-refractivity contribution in [3.8, 4) is 0 Å². The van der Waals surface area contributed by atoms with Gasteiger partial charge in [-0.25, -0.2) is 4.79 Å². The average molecular weight is 344 g/mol. The van der Waals surface area contributed by atoms with E-state index in [0.29, 0.717) is 19.6 Å². The molecule has 2 aliphatic rings. The van der Waals surface area contributed by atoms with E-state index in [9.17, 15) is 9.59 Å². The van der Waals surface area contributed by atoms with Crippen molar-refractivity contribution in [3.05, 3.63) is 35.9 Å². The summed E-state index contributed by atoms with van der Waals surface area (Å²) in [6.45, 7) is 3.30. The summed E-state index contributed by atoms with van der Waals surface area (Å²) in [5, 5.41) is 2.94. The topological polar surface area (TPSA) is 78.7 Å². The molecule has 3 rings (SSSR count). The molecule has 0 radical (unpaired) electrons. The van der Waals surface area contributed by atoms with Gasteiger partial charge in [0.25, 0.3) is 5.91 Å². The van der Waals surface area contributed by atoms with Crippen LogP contribution in [0, 0.1) is 0 Å². The third-order valence-corrected chi connectivity index (χ3v) is 5.35. The van der Waals surface area contributed by atoms with E-state index in [1.54, 1.807) is 0 Å². The summed E-state index contributed by atoms with van der Waals surface area (Å²) in [6, 6.07) is 10.1. The number of hydrogen-bond donors (Lipinski definition) is 2. The van der Waals surface area contributed by atoms with Crippen LogP contribution < -0.4 is 11.1 Å². The number of nitrogens with two attached hydrogens (primary N) is 1. The predicted octanol–water partition coefficient (Wildman–Crippen LogP) is 1.35. The summed E-state index contributed by atoms with van der Waals surface area (Å²) < 4.78 is 0. The Morgan fingerprint density at radius 3 is 2.48 bits per heavy atom. The van der Waals surface area contributed by atoms with Crippen LogP contribution in [0.2, 0.25) is 0 Å². The van der Waals surface area contributed by atoms with Gasteiger partial charge in [-0.15, -0.1) is 0 Å². The molecule has 1 aliphatic carbocycles. The van der Waals surface area contributed by atoms with Crippen molar-refractivity contribution in [2.75, 3.05) is 32.7 Å². The normalized spacial score (nSPS) is 19.2. The highest BCUT2D eigenvalue weighted by atomic mass is 16.2. The molecule has 1 aromatic rings. The predicted molar refractivity (Wildman–Crippen MR) is 97.1 cm³/mol. The molecule has 1 saturated heterocycles. The van der Waals surface area contributed by atoms with Crippen molar-refractivity contribution >= 4 is 11.9 Å². The van der Waals surface area contributed by atoms with Gasteiger partial charge in [-0.2, -0.15) is 0 Å². The second kappa shape index (κ2) is 7.97. The Bertz CT molecular complexity index is 599. The number of nitrogens with one attached hydrogen (secondary N) is 1. The third kappa shape index (κ3) is 4.02. The van der Waals surface area contributed by atoms with Gasteiger partial charge in [0, 0.05) is 32.7 Å². The van der Waals surface area contributed by atoms with E-state index in [1.165, 1.54) is 10.5 Å². The maximum Gasteiger partial charge on any atom is 0.325 e. The first-order valence-electron chi connectivity index (χ1n) is 9.25. The quantitative estimate of drug-likeness (QED) is 0.698. The minimum absolute atomic E-state index is 0.0363. The molecule has 1 spiro atoms. The molecular formula is C19H28N4O2. The fourth-order valence-electron chi connectivity index (χ4n) is 3.89. The summed E-state index contributed by atoms with van der Waals surface area (Å²) in [7, 11) is 0. The first-order valence-corrected chi connectivity index (χ1v) is 9.25. The van der Waals surface area contributed by atoms with Crippen LogP contribution in [0.25, 0.3) is 0 Å². The molecule has 6 heteroatoms. The van der Waals surface area contributed by atoms with Crippen molar-refractivity contribution < 1.29 is 9.59 Å². The molecule has 0 bridgehead atoms. The van der Waals surface area contributed by atoms with Crippen molar-refractivity contribution in [1.29, 1.82) is 0 Å². The Morgan fingerprint density at radius 2 is 1.80 bits per heavy atom. The highest BCUT2D eigenvalue weighted by Crippen LogP contribution is 2.34. The van der Waals surface area contributed by atoms with Gasteiger partial charge in [0.15, 0.2) is 0 Å². The Kier molecular flexibility index (Phi) is 5.71. The summed E-state index contributed by atoms with van der Waals surface area (Å²) in [5.41, 5.74) is 6.40. The van der Waals surface area contributed by atoms with Gasteiger partial charge in [0.1, 0.15) is 5.54 Å². The van der Waals surface area contributed by atoms with Crippen LogP contribution >= 0.6 is 0 Å². The summed E-state index contributed by atoms with van der Waals surface area (Å²) in [6.07, 6.45) is 4.50. The van der Waals surface area contributed by atoms with Crippen LogP contribution in [0.15, 0.2) is 30.3 Å². The monoisotopic (exact) mass is 344 g/mol. The lowest BCUT2D eigenvalue weighted by Crippen LogP contribution is -2.45. The van der Waals surface area contributed by atoms with Gasteiger partial charge >= 0.3 is 6.03 Å². The Hall–Kier alpha value is -1.92. The Balaban J connectivity index is 1.54. The van der Waals surface area contributed by atoms with Crippen molar-refractivity contribution in [1.82, 2.24) is 15.1 Å². The number of carbonyl (C=O) groups excluding carboxylic acids is 2. The molecule has 1 aromatic carbocycles. The van der Waals surface area contributed by atoms with Crippen LogP contribution in [-0.4, -0.2) is 60.0 Å². The minimum Gasteiger partial charge on any atom is -0.329 e. The number of hydrogen-bond acceptors (Lipinski definition) is 4. The average Bonchev–Trinajstić information content (AvgIpc) is 3.18. The van der Waals surface area contributed by atoms with Crippen molar-refractivity contribution in [2.24, 2.45) is 5.73 Å². The van der Waals surface area contributed by atoms with Crippen LogP contribution in [0.1, 0.15) is 31.2 Å². The molecular weight excluding hydrogens is 316 g/mol. The summed E-state index contributed by atoms with van der Waals surface area (Å²) in [4.78, 5) is 28.6. The lowest BCUT2D eigenvalue weighted by molar-refractivity contribution is -0.131. The Morgan fingerprint density at radius 1 is 1.08 bits per heavy atom. The van der Waals surface area contributed by atoms with Gasteiger partial charge in [-0.1, -0.05) is 43.2 Å². The molecule has 0 aromatic heterocycles. The van der Waals surface area contributed by atoms with E-state index in [-0.39, 0.29) is 11.9 Å². The van der Waals surface area contributed by atoms with Crippen molar-refractivity contribution in [3.63, 3.8) is 0 Å². The molecule has 3 N–H and O–H groups in total. The highest BCUT2D eigenvalue weighted by molar-refractivity contribution is 6.07. The van der Waals surface area contributed by atoms with Crippen LogP contribution in [0.3, 0.4) is 0 Å². The molecule has 25 heavy (non-hydrogen) atoms. The zero-order valence-electron chi connectivity index (χ0n) is 14.7. The summed E-state index contributed by atoms with van der Waals surface area (Å²) in [5.74, 6) is -0.0363. The largest absolute Gasteiger partial charge is 0.329 e. The first-order chi connectivity index (χ1) is 12.1. The lowest BCUT2D eigenvalue weighted by atomic mass is 9.98. The number of carbonyl (C=O) groups is 2. The van der Waals surface area contributed by atoms with Gasteiger partial charge < -0.3 is 11.1 Å². The molecule has 1 heterocycles. The molecule has 1 aliphatic heterocycles. The molecule has 6 nitrogen and oxygen atoms in total. The van der Waals surface area contributed by atoms with Crippen LogP contribution in [0.4, 0.5) is 4.79 Å². The maximum atomic E-state index is 12.7. The number of nitrogens with zero attached hydrogens (tertiary/aromatic N) is 2. The smallest absolute Gasteiger partial charge is 0.325 e. The fraction of sp³-hybridized carbons (Fsp3) is 0.579. The number of urea groups is 1. The lowest BCUT2D eigenvalue weighted by Gasteiger charge is -2.24. The standard InChI is InChI=1S/C19H28N4O2/c20-11-13-22(12-8-16-6-2-1-3-7-16)14-15-23-17(24)19(21-18(23)25)9-4-5-10-19/h1-3,6-7H,4-5,8-15,20H2,(H,21,25). The zero-order valence-corrected chi connectivity index (χ0v) is 14.7. The van der Waals surface area contributed by atoms with E-state index in [0.717, 1.165) is 45.2 Å². The number of rotatable bonds is 8. The van der Waals surface area contributed by atoms with E-state index < -0.39 is 5.54 Å². The van der Waals surface area contributed by atoms with Gasteiger partial charge in [0.2, 0.25) is 0 Å². The maximum absolute atomic E-state index is 12.7. The SMILES string of the molecule is NCCN(CCc1ccccc1)CCN1C(=O)NC2(CCCC2)C1=O. The Labute approximate surface area is 149 Å². The van der Waals surface area contributed by atoms with Crippen molar-refractivity contribution in [2.45, 2.75) is 37.6 Å². The second-order valence-corrected chi connectivity index (χ2v) is 7.04. The number of amides is 3. The number of benzene rings is 1. The first kappa shape index (κ1) is 17.9. The molecule has 0 unspecified atom stereocenters. The van der Waals surface area contributed by atoms with E-state index in [2.05, 4.69) is 22.3 Å². The molecule has 3 amide bonds. The third-order valence-electron chi connectivity index (χ3n) is 5.35. The molecule has 0 atom stereocenters.